The molecule has 1 aliphatic heterocycles. The highest BCUT2D eigenvalue weighted by atomic mass is 16.2. The van der Waals surface area contributed by atoms with E-state index < -0.39 is 5.41 Å². The van der Waals surface area contributed by atoms with Crippen molar-refractivity contribution in [1.29, 1.82) is 0 Å². The quantitative estimate of drug-likeness (QED) is 0.610. The Morgan fingerprint density at radius 2 is 1.75 bits per heavy atom. The summed E-state index contributed by atoms with van der Waals surface area (Å²) in [5.41, 5.74) is 6.74. The molecular weight excluding hydrogens is 342 g/mol. The van der Waals surface area contributed by atoms with Crippen LogP contribution in [0.25, 0.3) is 5.70 Å². The van der Waals surface area contributed by atoms with Gasteiger partial charge in [0.1, 0.15) is 0 Å². The van der Waals surface area contributed by atoms with Gasteiger partial charge in [-0.3, -0.25) is 9.69 Å². The van der Waals surface area contributed by atoms with Crippen LogP contribution in [0.5, 0.6) is 0 Å². The number of allylic oxidation sites excluding steroid dienone is 2. The Morgan fingerprint density at radius 3 is 2.50 bits per heavy atom. The van der Waals surface area contributed by atoms with Crippen molar-refractivity contribution >= 4 is 17.3 Å². The zero-order valence-corrected chi connectivity index (χ0v) is 16.7. The van der Waals surface area contributed by atoms with E-state index in [0.29, 0.717) is 5.92 Å². The first-order valence-corrected chi connectivity index (χ1v) is 10.5. The molecule has 0 N–H and O–H groups in total. The Kier molecular flexibility index (Phi) is 4.04. The summed E-state index contributed by atoms with van der Waals surface area (Å²) in [6.07, 6.45) is 8.33. The molecule has 0 bridgehead atoms. The zero-order chi connectivity index (χ0) is 19.3. The van der Waals surface area contributed by atoms with Gasteiger partial charge in [-0.15, -0.1) is 0 Å². The molecule has 2 nitrogen and oxygen atoms in total. The van der Waals surface area contributed by atoms with Gasteiger partial charge in [-0.25, -0.2) is 0 Å². The average molecular weight is 370 g/mol. The molecule has 1 fully saturated rings. The highest BCUT2D eigenvalue weighted by Gasteiger charge is 2.52. The lowest BCUT2D eigenvalue weighted by atomic mass is 9.65. The molecule has 0 saturated heterocycles. The summed E-state index contributed by atoms with van der Waals surface area (Å²) in [6.45, 7) is 4.26. The first kappa shape index (κ1) is 17.5. The van der Waals surface area contributed by atoms with Crippen molar-refractivity contribution in [3.8, 4) is 0 Å². The van der Waals surface area contributed by atoms with Crippen LogP contribution >= 0.6 is 0 Å². The van der Waals surface area contributed by atoms with Crippen molar-refractivity contribution in [2.45, 2.75) is 46.0 Å². The van der Waals surface area contributed by atoms with Crippen LogP contribution in [0.4, 0.5) is 5.69 Å². The van der Waals surface area contributed by atoms with Crippen molar-refractivity contribution in [2.24, 2.45) is 11.3 Å². The third-order valence-corrected chi connectivity index (χ3v) is 6.86. The third-order valence-electron chi connectivity index (χ3n) is 6.86. The van der Waals surface area contributed by atoms with Gasteiger partial charge < -0.3 is 0 Å². The van der Waals surface area contributed by atoms with E-state index in [9.17, 15) is 4.79 Å². The zero-order valence-electron chi connectivity index (χ0n) is 16.7. The fourth-order valence-corrected chi connectivity index (χ4v) is 5.30. The predicted octanol–water partition coefficient (Wildman–Crippen LogP) is 6.28. The number of aryl methyl sites for hydroxylation is 1. The second-order valence-electron chi connectivity index (χ2n) is 8.80. The second kappa shape index (κ2) is 6.48. The Hall–Kier alpha value is -2.61. The van der Waals surface area contributed by atoms with Gasteiger partial charge in [-0.2, -0.15) is 0 Å². The minimum atomic E-state index is -0.429. The number of benzene rings is 2. The molecule has 0 radical (unpaired) electrons. The summed E-state index contributed by atoms with van der Waals surface area (Å²) in [6, 6.07) is 18.8. The second-order valence-corrected chi connectivity index (χ2v) is 8.80. The van der Waals surface area contributed by atoms with Crippen molar-refractivity contribution in [2.75, 3.05) is 4.90 Å². The van der Waals surface area contributed by atoms with Gasteiger partial charge in [0.15, 0.2) is 0 Å². The summed E-state index contributed by atoms with van der Waals surface area (Å²) in [4.78, 5) is 15.8. The van der Waals surface area contributed by atoms with Crippen LogP contribution in [-0.4, -0.2) is 5.91 Å². The van der Waals surface area contributed by atoms with Crippen molar-refractivity contribution in [3.05, 3.63) is 82.9 Å². The van der Waals surface area contributed by atoms with E-state index >= 15 is 0 Å². The van der Waals surface area contributed by atoms with Crippen LogP contribution < -0.4 is 4.90 Å². The summed E-state index contributed by atoms with van der Waals surface area (Å²) < 4.78 is 0. The topological polar surface area (TPSA) is 20.3 Å². The molecule has 0 spiro atoms. The molecule has 1 heterocycles. The van der Waals surface area contributed by atoms with Crippen LogP contribution in [0.15, 0.2) is 71.8 Å². The van der Waals surface area contributed by atoms with Crippen LogP contribution in [-0.2, 0) is 4.79 Å². The summed E-state index contributed by atoms with van der Waals surface area (Å²) in [7, 11) is 0. The molecule has 5 rings (SSSR count). The van der Waals surface area contributed by atoms with E-state index in [2.05, 4.69) is 68.5 Å². The number of nitrogens with zero attached hydrogens (tertiary/aromatic N) is 1. The minimum absolute atomic E-state index is 0.228. The standard InChI is InChI=1S/C26H27NO/c1-18-12-14-22(15-13-18)27-24(19-8-4-3-5-9-19)23-16-20-10-6-7-11-21(20)17-26(23,2)25(27)28/h3-5,8-9,12-16,21H,6-7,10-11,17H2,1-2H3/t21-,26-/m1/s1. The van der Waals surface area contributed by atoms with E-state index in [1.165, 1.54) is 36.8 Å². The number of carbonyl (C=O) groups excluding carboxylic acids is 1. The Labute approximate surface area is 167 Å². The molecule has 2 aromatic carbocycles. The molecule has 1 amide bonds. The van der Waals surface area contributed by atoms with Crippen molar-refractivity contribution < 1.29 is 4.79 Å². The third kappa shape index (κ3) is 2.58. The number of rotatable bonds is 2. The SMILES string of the molecule is Cc1ccc(N2C(=O)[C@]3(C)C[C@H]4CCCCC4=CC3=C2c2ccccc2)cc1. The number of anilines is 1. The highest BCUT2D eigenvalue weighted by molar-refractivity contribution is 6.16. The lowest BCUT2D eigenvalue weighted by Crippen LogP contribution is -2.38. The van der Waals surface area contributed by atoms with E-state index in [4.69, 9.17) is 0 Å². The first-order valence-electron chi connectivity index (χ1n) is 10.5. The summed E-state index contributed by atoms with van der Waals surface area (Å²) >= 11 is 0. The normalized spacial score (nSPS) is 26.8. The van der Waals surface area contributed by atoms with Crippen LogP contribution in [0.3, 0.4) is 0 Å². The van der Waals surface area contributed by atoms with Crippen LogP contribution in [0.2, 0.25) is 0 Å². The van der Waals surface area contributed by atoms with Crippen molar-refractivity contribution in [1.82, 2.24) is 0 Å². The minimum Gasteiger partial charge on any atom is -0.279 e. The number of fused-ring (bicyclic) bond motifs is 2. The Balaban J connectivity index is 1.74. The van der Waals surface area contributed by atoms with Gasteiger partial charge in [-0.1, -0.05) is 66.1 Å². The van der Waals surface area contributed by atoms with Crippen LogP contribution in [0.1, 0.15) is 50.2 Å². The van der Waals surface area contributed by atoms with Crippen molar-refractivity contribution in [3.63, 3.8) is 0 Å². The van der Waals surface area contributed by atoms with Crippen LogP contribution in [0, 0.1) is 18.3 Å². The fraction of sp³-hybridized carbons (Fsp3) is 0.346. The Morgan fingerprint density at radius 1 is 1.00 bits per heavy atom. The molecular formula is C26H27NO. The Bertz CT molecular complexity index is 983. The lowest BCUT2D eigenvalue weighted by Gasteiger charge is -2.38. The van der Waals surface area contributed by atoms with Gasteiger partial charge in [-0.05, 0) is 68.7 Å². The maximum atomic E-state index is 13.9. The monoisotopic (exact) mass is 369 g/mol. The number of hydrogen-bond acceptors (Lipinski definition) is 1. The largest absolute Gasteiger partial charge is 0.279 e. The smallest absolute Gasteiger partial charge is 0.242 e. The maximum absolute atomic E-state index is 13.9. The molecule has 2 aliphatic carbocycles. The van der Waals surface area contributed by atoms with Gasteiger partial charge in [0.25, 0.3) is 0 Å². The summed E-state index contributed by atoms with van der Waals surface area (Å²) in [5, 5.41) is 0. The van der Waals surface area contributed by atoms with Gasteiger partial charge in [0.05, 0.1) is 11.1 Å². The van der Waals surface area contributed by atoms with E-state index in [1.54, 1.807) is 5.57 Å². The molecule has 1 saturated carbocycles. The van der Waals surface area contributed by atoms with Gasteiger partial charge in [0, 0.05) is 5.69 Å². The van der Waals surface area contributed by atoms with E-state index in [1.807, 2.05) is 11.0 Å². The van der Waals surface area contributed by atoms with E-state index in [0.717, 1.165) is 23.4 Å². The summed E-state index contributed by atoms with van der Waals surface area (Å²) in [5.74, 6) is 0.799. The number of hydrogen-bond donors (Lipinski definition) is 0. The predicted molar refractivity (Wildman–Crippen MR) is 115 cm³/mol. The molecule has 2 aromatic rings. The molecule has 0 aromatic heterocycles. The van der Waals surface area contributed by atoms with Gasteiger partial charge >= 0.3 is 0 Å². The molecule has 2 heteroatoms. The number of carbonyl (C=O) groups is 1. The first-order chi connectivity index (χ1) is 13.6. The molecule has 3 aliphatic rings. The highest BCUT2D eigenvalue weighted by Crippen LogP contribution is 2.55. The average Bonchev–Trinajstić information content (AvgIpc) is 2.94. The molecule has 0 unspecified atom stereocenters. The van der Waals surface area contributed by atoms with E-state index in [-0.39, 0.29) is 5.91 Å². The maximum Gasteiger partial charge on any atom is 0.242 e. The number of amides is 1. The molecule has 2 atom stereocenters. The molecule has 142 valence electrons. The fourth-order valence-electron chi connectivity index (χ4n) is 5.30. The van der Waals surface area contributed by atoms with Gasteiger partial charge in [0.2, 0.25) is 5.91 Å². The lowest BCUT2D eigenvalue weighted by molar-refractivity contribution is -0.124. The molecule has 28 heavy (non-hydrogen) atoms.